The first kappa shape index (κ1) is 14.8. The molecule has 6 heteroatoms. The summed E-state index contributed by atoms with van der Waals surface area (Å²) in [7, 11) is 0. The Labute approximate surface area is 126 Å². The van der Waals surface area contributed by atoms with E-state index in [4.69, 9.17) is 5.73 Å². The number of nitrogens with two attached hydrogens (primary N) is 1. The second-order valence-corrected chi connectivity index (χ2v) is 6.12. The largest absolute Gasteiger partial charge is 0.369 e. The van der Waals surface area contributed by atoms with E-state index < -0.39 is 0 Å². The van der Waals surface area contributed by atoms with Gasteiger partial charge in [0, 0.05) is 24.0 Å². The summed E-state index contributed by atoms with van der Waals surface area (Å²) in [6.07, 6.45) is 0.401. The minimum Gasteiger partial charge on any atom is -0.369 e. The molecule has 108 valence electrons. The normalized spacial score (nSPS) is 11.2. The van der Waals surface area contributed by atoms with Gasteiger partial charge in [0.15, 0.2) is 0 Å². The van der Waals surface area contributed by atoms with Gasteiger partial charge in [0.1, 0.15) is 0 Å². The first-order chi connectivity index (χ1) is 9.47. The number of benzene rings is 1. The van der Waals surface area contributed by atoms with Crippen LogP contribution in [-0.4, -0.2) is 22.0 Å². The molecule has 0 unspecified atom stereocenters. The van der Waals surface area contributed by atoms with Gasteiger partial charge in [0.25, 0.3) is 0 Å². The Hall–Kier alpha value is -1.56. The molecule has 1 aromatic heterocycles. The number of fused-ring (bicyclic) bond motifs is 1. The minimum absolute atomic E-state index is 0.0389. The fourth-order valence-corrected chi connectivity index (χ4v) is 2.33. The molecule has 0 aliphatic heterocycles. The van der Waals surface area contributed by atoms with Crippen LogP contribution in [-0.2, 0) is 11.3 Å². The van der Waals surface area contributed by atoms with Gasteiger partial charge >= 0.3 is 0 Å². The van der Waals surface area contributed by atoms with Crippen LogP contribution < -0.4 is 11.1 Å². The molecule has 0 aliphatic carbocycles. The van der Waals surface area contributed by atoms with E-state index >= 15 is 0 Å². The maximum absolute atomic E-state index is 11.8. The molecule has 1 amide bonds. The molecule has 0 spiro atoms. The van der Waals surface area contributed by atoms with Gasteiger partial charge in [0.2, 0.25) is 11.9 Å². The van der Waals surface area contributed by atoms with Crippen molar-refractivity contribution in [3.8, 4) is 0 Å². The number of halogens is 1. The molecular formula is C14H19BrN4O. The SMILES string of the molecule is CC(C)CNC(=O)CCn1c(N)nc2cc(Br)ccc21. The van der Waals surface area contributed by atoms with Crippen molar-refractivity contribution < 1.29 is 4.79 Å². The molecule has 0 atom stereocenters. The van der Waals surface area contributed by atoms with E-state index in [9.17, 15) is 4.79 Å². The lowest BCUT2D eigenvalue weighted by atomic mass is 10.2. The molecular weight excluding hydrogens is 320 g/mol. The number of aryl methyl sites for hydroxylation is 1. The number of nitrogens with one attached hydrogen (secondary N) is 1. The number of aromatic nitrogens is 2. The highest BCUT2D eigenvalue weighted by Crippen LogP contribution is 2.22. The first-order valence-corrected chi connectivity index (χ1v) is 7.44. The Morgan fingerprint density at radius 1 is 1.50 bits per heavy atom. The molecule has 0 saturated carbocycles. The summed E-state index contributed by atoms with van der Waals surface area (Å²) in [6, 6.07) is 5.81. The Kier molecular flexibility index (Phi) is 4.65. The summed E-state index contributed by atoms with van der Waals surface area (Å²) in [5.41, 5.74) is 7.70. The van der Waals surface area contributed by atoms with E-state index in [1.54, 1.807) is 0 Å². The molecule has 2 rings (SSSR count). The van der Waals surface area contributed by atoms with Crippen molar-refractivity contribution in [2.24, 2.45) is 5.92 Å². The summed E-state index contributed by atoms with van der Waals surface area (Å²) in [4.78, 5) is 16.1. The molecule has 5 nitrogen and oxygen atoms in total. The van der Waals surface area contributed by atoms with Gasteiger partial charge in [0.05, 0.1) is 11.0 Å². The van der Waals surface area contributed by atoms with Crippen molar-refractivity contribution in [1.29, 1.82) is 0 Å². The molecule has 0 saturated heterocycles. The molecule has 0 radical (unpaired) electrons. The number of rotatable bonds is 5. The Balaban J connectivity index is 2.06. The highest BCUT2D eigenvalue weighted by molar-refractivity contribution is 9.10. The molecule has 0 aliphatic rings. The van der Waals surface area contributed by atoms with E-state index in [0.717, 1.165) is 15.5 Å². The average Bonchev–Trinajstić information content (AvgIpc) is 2.68. The van der Waals surface area contributed by atoms with Crippen LogP contribution in [0.3, 0.4) is 0 Å². The third-order valence-corrected chi connectivity index (χ3v) is 3.50. The second kappa shape index (κ2) is 6.26. The van der Waals surface area contributed by atoms with Crippen LogP contribution in [0.5, 0.6) is 0 Å². The highest BCUT2D eigenvalue weighted by atomic mass is 79.9. The number of carbonyl (C=O) groups is 1. The molecule has 0 bridgehead atoms. The maximum atomic E-state index is 11.8. The van der Waals surface area contributed by atoms with E-state index in [0.29, 0.717) is 31.4 Å². The van der Waals surface area contributed by atoms with Gasteiger partial charge in [-0.3, -0.25) is 4.79 Å². The zero-order valence-corrected chi connectivity index (χ0v) is 13.3. The van der Waals surface area contributed by atoms with Crippen LogP contribution in [0.1, 0.15) is 20.3 Å². The minimum atomic E-state index is 0.0389. The van der Waals surface area contributed by atoms with Gasteiger partial charge < -0.3 is 15.6 Å². The van der Waals surface area contributed by atoms with Gasteiger partial charge in [-0.1, -0.05) is 29.8 Å². The number of anilines is 1. The zero-order valence-electron chi connectivity index (χ0n) is 11.7. The number of imidazole rings is 1. The Morgan fingerprint density at radius 2 is 2.25 bits per heavy atom. The zero-order chi connectivity index (χ0) is 14.7. The summed E-state index contributed by atoms with van der Waals surface area (Å²) in [5.74, 6) is 0.933. The number of carbonyl (C=O) groups excluding carboxylic acids is 1. The summed E-state index contributed by atoms with van der Waals surface area (Å²) in [5, 5.41) is 2.90. The van der Waals surface area contributed by atoms with E-state index in [1.807, 2.05) is 22.8 Å². The highest BCUT2D eigenvalue weighted by Gasteiger charge is 2.10. The van der Waals surface area contributed by atoms with Crippen molar-refractivity contribution in [3.63, 3.8) is 0 Å². The van der Waals surface area contributed by atoms with Crippen LogP contribution in [0.2, 0.25) is 0 Å². The lowest BCUT2D eigenvalue weighted by molar-refractivity contribution is -0.121. The molecule has 0 fully saturated rings. The predicted molar refractivity (Wildman–Crippen MR) is 84.3 cm³/mol. The van der Waals surface area contributed by atoms with Crippen LogP contribution in [0.15, 0.2) is 22.7 Å². The smallest absolute Gasteiger partial charge is 0.221 e. The van der Waals surface area contributed by atoms with E-state index in [2.05, 4.69) is 40.1 Å². The van der Waals surface area contributed by atoms with Crippen LogP contribution >= 0.6 is 15.9 Å². The molecule has 20 heavy (non-hydrogen) atoms. The van der Waals surface area contributed by atoms with E-state index in [-0.39, 0.29) is 5.91 Å². The lowest BCUT2D eigenvalue weighted by Crippen LogP contribution is -2.28. The number of nitrogen functional groups attached to an aromatic ring is 1. The average molecular weight is 339 g/mol. The van der Waals surface area contributed by atoms with Crippen molar-refractivity contribution >= 4 is 38.8 Å². The number of hydrogen-bond donors (Lipinski definition) is 2. The van der Waals surface area contributed by atoms with Crippen molar-refractivity contribution in [3.05, 3.63) is 22.7 Å². The topological polar surface area (TPSA) is 72.9 Å². The summed E-state index contributed by atoms with van der Waals surface area (Å²) >= 11 is 3.41. The Bertz CT molecular complexity index is 621. The van der Waals surface area contributed by atoms with Crippen molar-refractivity contribution in [2.75, 3.05) is 12.3 Å². The predicted octanol–water partition coefficient (Wildman–Crippen LogP) is 2.54. The standard InChI is InChI=1S/C14H19BrN4O/c1-9(2)8-17-13(20)5-6-19-12-4-3-10(15)7-11(12)18-14(19)16/h3-4,7,9H,5-6,8H2,1-2H3,(H2,16,18)(H,17,20). The second-order valence-electron chi connectivity index (χ2n) is 5.20. The summed E-state index contributed by atoms with van der Waals surface area (Å²) < 4.78 is 2.83. The van der Waals surface area contributed by atoms with Gasteiger partial charge in [-0.15, -0.1) is 0 Å². The monoisotopic (exact) mass is 338 g/mol. The molecule has 1 heterocycles. The lowest BCUT2D eigenvalue weighted by Gasteiger charge is -2.09. The first-order valence-electron chi connectivity index (χ1n) is 6.65. The number of amides is 1. The van der Waals surface area contributed by atoms with Gasteiger partial charge in [-0.05, 0) is 24.1 Å². The van der Waals surface area contributed by atoms with Gasteiger partial charge in [-0.2, -0.15) is 0 Å². The van der Waals surface area contributed by atoms with Gasteiger partial charge in [-0.25, -0.2) is 4.98 Å². The number of nitrogens with zero attached hydrogens (tertiary/aromatic N) is 2. The summed E-state index contributed by atoms with van der Waals surface area (Å²) in [6.45, 7) is 5.37. The van der Waals surface area contributed by atoms with Crippen molar-refractivity contribution in [2.45, 2.75) is 26.8 Å². The maximum Gasteiger partial charge on any atom is 0.221 e. The van der Waals surface area contributed by atoms with E-state index in [1.165, 1.54) is 0 Å². The molecule has 1 aromatic carbocycles. The fourth-order valence-electron chi connectivity index (χ4n) is 1.98. The third-order valence-electron chi connectivity index (χ3n) is 3.01. The molecule has 3 N–H and O–H groups in total. The Morgan fingerprint density at radius 3 is 2.95 bits per heavy atom. The number of hydrogen-bond acceptors (Lipinski definition) is 3. The van der Waals surface area contributed by atoms with Crippen LogP contribution in [0, 0.1) is 5.92 Å². The third kappa shape index (κ3) is 3.50. The molecule has 2 aromatic rings. The quantitative estimate of drug-likeness (QED) is 0.879. The fraction of sp³-hybridized carbons (Fsp3) is 0.429. The van der Waals surface area contributed by atoms with Crippen molar-refractivity contribution in [1.82, 2.24) is 14.9 Å². The van der Waals surface area contributed by atoms with Crippen LogP contribution in [0.4, 0.5) is 5.95 Å². The van der Waals surface area contributed by atoms with Crippen LogP contribution in [0.25, 0.3) is 11.0 Å².